The van der Waals surface area contributed by atoms with Gasteiger partial charge < -0.3 is 10.8 Å². The van der Waals surface area contributed by atoms with Crippen LogP contribution in [0.15, 0.2) is 18.2 Å². The Morgan fingerprint density at radius 2 is 2.29 bits per heavy atom. The van der Waals surface area contributed by atoms with Gasteiger partial charge in [-0.1, -0.05) is 12.1 Å². The summed E-state index contributed by atoms with van der Waals surface area (Å²) in [5, 5.41) is 8.96. The van der Waals surface area contributed by atoms with Crippen LogP contribution in [0.4, 0.5) is 4.39 Å². The van der Waals surface area contributed by atoms with Crippen molar-refractivity contribution < 1.29 is 14.3 Å². The third-order valence-corrected chi connectivity index (χ3v) is 2.75. The van der Waals surface area contributed by atoms with E-state index in [1.807, 2.05) is 0 Å². The molecule has 0 spiro atoms. The third kappa shape index (κ3) is 1.04. The highest BCUT2D eigenvalue weighted by atomic mass is 19.1. The van der Waals surface area contributed by atoms with Gasteiger partial charge in [0.25, 0.3) is 0 Å². The van der Waals surface area contributed by atoms with Gasteiger partial charge in [0.05, 0.1) is 0 Å². The smallest absolute Gasteiger partial charge is 0.328 e. The molecule has 1 aliphatic carbocycles. The molecular weight excluding hydrogens is 185 g/mol. The first-order chi connectivity index (χ1) is 6.55. The number of carbonyl (C=O) groups is 1. The van der Waals surface area contributed by atoms with Gasteiger partial charge in [0.15, 0.2) is 0 Å². The van der Waals surface area contributed by atoms with Crippen LogP contribution >= 0.6 is 0 Å². The molecule has 0 radical (unpaired) electrons. The number of nitrogens with two attached hydrogens (primary N) is 1. The van der Waals surface area contributed by atoms with Gasteiger partial charge in [-0.3, -0.25) is 0 Å². The maximum atomic E-state index is 13.2. The summed E-state index contributed by atoms with van der Waals surface area (Å²) in [4.78, 5) is 10.9. The highest BCUT2D eigenvalue weighted by Gasteiger charge is 2.42. The molecule has 0 aromatic heterocycles. The Balaban J connectivity index is 2.60. The summed E-state index contributed by atoms with van der Waals surface area (Å²) in [6.07, 6.45) is 0.656. The summed E-state index contributed by atoms with van der Waals surface area (Å²) < 4.78 is 13.2. The number of halogens is 1. The van der Waals surface area contributed by atoms with Crippen LogP contribution in [0.3, 0.4) is 0 Å². The van der Waals surface area contributed by atoms with Crippen molar-refractivity contribution in [3.05, 3.63) is 35.1 Å². The predicted octanol–water partition coefficient (Wildman–Crippen LogP) is 1.01. The molecule has 3 nitrogen and oxygen atoms in total. The van der Waals surface area contributed by atoms with Crippen molar-refractivity contribution in [3.8, 4) is 0 Å². The van der Waals surface area contributed by atoms with Crippen LogP contribution in [0.25, 0.3) is 0 Å². The Morgan fingerprint density at radius 3 is 2.93 bits per heavy atom. The normalized spacial score (nSPS) is 24.7. The van der Waals surface area contributed by atoms with Gasteiger partial charge in [0.1, 0.15) is 11.4 Å². The van der Waals surface area contributed by atoms with Crippen LogP contribution in [-0.2, 0) is 16.8 Å². The average molecular weight is 195 g/mol. The van der Waals surface area contributed by atoms with E-state index in [1.54, 1.807) is 6.07 Å². The minimum absolute atomic E-state index is 0.262. The molecule has 0 heterocycles. The van der Waals surface area contributed by atoms with Crippen LogP contribution in [0, 0.1) is 5.82 Å². The summed E-state index contributed by atoms with van der Waals surface area (Å²) >= 11 is 0. The summed E-state index contributed by atoms with van der Waals surface area (Å²) in [6, 6.07) is 4.40. The van der Waals surface area contributed by atoms with Crippen molar-refractivity contribution >= 4 is 5.97 Å². The zero-order valence-corrected chi connectivity index (χ0v) is 7.46. The first-order valence-corrected chi connectivity index (χ1v) is 4.36. The molecule has 1 atom stereocenters. The molecule has 1 aromatic carbocycles. The number of carboxylic acids is 1. The number of hydrogen-bond donors (Lipinski definition) is 2. The van der Waals surface area contributed by atoms with Crippen LogP contribution in [0.1, 0.15) is 17.5 Å². The Bertz CT molecular complexity index is 405. The molecule has 0 fully saturated rings. The van der Waals surface area contributed by atoms with Gasteiger partial charge in [-0.25, -0.2) is 9.18 Å². The van der Waals surface area contributed by atoms with Crippen molar-refractivity contribution in [2.75, 3.05) is 0 Å². The molecule has 0 saturated carbocycles. The lowest BCUT2D eigenvalue weighted by Crippen LogP contribution is -2.42. The zero-order valence-electron chi connectivity index (χ0n) is 7.46. The molecule has 0 bridgehead atoms. The Labute approximate surface area is 80.3 Å². The molecule has 3 N–H and O–H groups in total. The number of aliphatic carboxylic acids is 1. The maximum absolute atomic E-state index is 13.2. The number of carboxylic acid groups (broad SMARTS) is 1. The SMILES string of the molecule is NC1(C(=O)O)CCc2c(F)cccc21. The lowest BCUT2D eigenvalue weighted by atomic mass is 9.93. The summed E-state index contributed by atoms with van der Waals surface area (Å²) in [7, 11) is 0. The second-order valence-electron chi connectivity index (χ2n) is 3.54. The summed E-state index contributed by atoms with van der Waals surface area (Å²) in [5.74, 6) is -1.46. The number of rotatable bonds is 1. The van der Waals surface area contributed by atoms with Crippen molar-refractivity contribution in [2.24, 2.45) is 5.73 Å². The third-order valence-electron chi connectivity index (χ3n) is 2.75. The molecule has 4 heteroatoms. The first kappa shape index (κ1) is 9.15. The van der Waals surface area contributed by atoms with Gasteiger partial charge in [0, 0.05) is 0 Å². The average Bonchev–Trinajstić information content (AvgIpc) is 2.47. The standard InChI is InChI=1S/C10H10FNO2/c11-8-3-1-2-7-6(8)4-5-10(7,12)9(13)14/h1-3H,4-5,12H2,(H,13,14). The lowest BCUT2D eigenvalue weighted by molar-refractivity contribution is -0.143. The van der Waals surface area contributed by atoms with Crippen molar-refractivity contribution in [1.82, 2.24) is 0 Å². The second kappa shape index (κ2) is 2.78. The van der Waals surface area contributed by atoms with E-state index in [0.717, 1.165) is 0 Å². The maximum Gasteiger partial charge on any atom is 0.328 e. The van der Waals surface area contributed by atoms with E-state index in [4.69, 9.17) is 10.8 Å². The van der Waals surface area contributed by atoms with E-state index in [-0.39, 0.29) is 12.2 Å². The Morgan fingerprint density at radius 1 is 1.57 bits per heavy atom. The summed E-state index contributed by atoms with van der Waals surface area (Å²) in [5.41, 5.74) is 5.16. The fraction of sp³-hybridized carbons (Fsp3) is 0.300. The van der Waals surface area contributed by atoms with Gasteiger partial charge in [0.2, 0.25) is 0 Å². The summed E-state index contributed by atoms with van der Waals surface area (Å²) in [6.45, 7) is 0. The molecular formula is C10H10FNO2. The molecule has 14 heavy (non-hydrogen) atoms. The Kier molecular flexibility index (Phi) is 1.82. The Hall–Kier alpha value is -1.42. The van der Waals surface area contributed by atoms with Crippen molar-refractivity contribution in [3.63, 3.8) is 0 Å². The lowest BCUT2D eigenvalue weighted by Gasteiger charge is -2.19. The molecule has 74 valence electrons. The van der Waals surface area contributed by atoms with E-state index < -0.39 is 11.5 Å². The topological polar surface area (TPSA) is 63.3 Å². The molecule has 0 saturated heterocycles. The monoisotopic (exact) mass is 195 g/mol. The second-order valence-corrected chi connectivity index (χ2v) is 3.54. The van der Waals surface area contributed by atoms with Crippen LogP contribution in [0.5, 0.6) is 0 Å². The van der Waals surface area contributed by atoms with Gasteiger partial charge in [-0.15, -0.1) is 0 Å². The molecule has 0 amide bonds. The molecule has 1 unspecified atom stereocenters. The van der Waals surface area contributed by atoms with E-state index in [0.29, 0.717) is 17.5 Å². The molecule has 1 aromatic rings. The van der Waals surface area contributed by atoms with Crippen LogP contribution < -0.4 is 5.73 Å². The highest BCUT2D eigenvalue weighted by molar-refractivity contribution is 5.82. The van der Waals surface area contributed by atoms with Crippen molar-refractivity contribution in [1.29, 1.82) is 0 Å². The van der Waals surface area contributed by atoms with E-state index in [2.05, 4.69) is 0 Å². The minimum atomic E-state index is -1.41. The van der Waals surface area contributed by atoms with Crippen LogP contribution in [0.2, 0.25) is 0 Å². The minimum Gasteiger partial charge on any atom is -0.480 e. The number of benzene rings is 1. The van der Waals surface area contributed by atoms with Crippen LogP contribution in [-0.4, -0.2) is 11.1 Å². The first-order valence-electron chi connectivity index (χ1n) is 4.36. The van der Waals surface area contributed by atoms with E-state index in [1.165, 1.54) is 12.1 Å². The highest BCUT2D eigenvalue weighted by Crippen LogP contribution is 2.36. The van der Waals surface area contributed by atoms with Gasteiger partial charge in [-0.05, 0) is 30.0 Å². The zero-order chi connectivity index (χ0) is 10.3. The van der Waals surface area contributed by atoms with Gasteiger partial charge in [-0.2, -0.15) is 0 Å². The quantitative estimate of drug-likeness (QED) is 0.703. The predicted molar refractivity (Wildman–Crippen MR) is 48.2 cm³/mol. The number of hydrogen-bond acceptors (Lipinski definition) is 2. The van der Waals surface area contributed by atoms with Gasteiger partial charge >= 0.3 is 5.97 Å². The van der Waals surface area contributed by atoms with E-state index >= 15 is 0 Å². The molecule has 1 aliphatic rings. The molecule has 2 rings (SSSR count). The van der Waals surface area contributed by atoms with Crippen molar-refractivity contribution in [2.45, 2.75) is 18.4 Å². The fourth-order valence-corrected chi connectivity index (χ4v) is 1.91. The number of fused-ring (bicyclic) bond motifs is 1. The molecule has 0 aliphatic heterocycles. The van der Waals surface area contributed by atoms with E-state index in [9.17, 15) is 9.18 Å². The fourth-order valence-electron chi connectivity index (χ4n) is 1.91. The largest absolute Gasteiger partial charge is 0.480 e.